The molecule has 0 N–H and O–H groups in total. The predicted octanol–water partition coefficient (Wildman–Crippen LogP) is 10.6. The molecular weight excluding hydrogens is 666 g/mol. The standard InChI is InChI=1S/C45H85NO7/c1-6-8-10-12-14-16-18-20-22-24-26-28-30-32-34-36-44(48)53-41(39-51-38-37-42(45(49)50)46(3,4)5)40-52-43(47)35-33-31-29-27-25-23-21-19-17-15-13-11-9-7-2/h23,25,41-42H,6-22,24,26-40H2,1-5H3/b25-23+. The zero-order chi connectivity index (χ0) is 39.3. The molecule has 0 aliphatic rings. The second-order valence-corrected chi connectivity index (χ2v) is 16.3. The summed E-state index contributed by atoms with van der Waals surface area (Å²) in [7, 11) is 5.41. The van der Waals surface area contributed by atoms with Crippen molar-refractivity contribution >= 4 is 17.9 Å². The molecule has 8 nitrogen and oxygen atoms in total. The number of hydrogen-bond donors (Lipinski definition) is 0. The van der Waals surface area contributed by atoms with E-state index in [2.05, 4.69) is 26.0 Å². The first-order valence-corrected chi connectivity index (χ1v) is 22.2. The number of carbonyl (C=O) groups is 3. The van der Waals surface area contributed by atoms with Crippen molar-refractivity contribution in [3.63, 3.8) is 0 Å². The molecule has 312 valence electrons. The fraction of sp³-hybridized carbons (Fsp3) is 0.889. The maximum absolute atomic E-state index is 12.7. The number of nitrogens with zero attached hydrogens (tertiary/aromatic N) is 1. The van der Waals surface area contributed by atoms with Crippen LogP contribution in [0.3, 0.4) is 0 Å². The topological polar surface area (TPSA) is 102 Å². The minimum Gasteiger partial charge on any atom is -0.544 e. The van der Waals surface area contributed by atoms with Crippen LogP contribution in [-0.2, 0) is 28.6 Å². The van der Waals surface area contributed by atoms with Gasteiger partial charge in [0.2, 0.25) is 0 Å². The number of allylic oxidation sites excluding steroid dienone is 2. The lowest BCUT2D eigenvalue weighted by Gasteiger charge is -2.34. The van der Waals surface area contributed by atoms with Gasteiger partial charge in [-0.05, 0) is 38.5 Å². The quantitative estimate of drug-likeness (QED) is 0.0266. The highest BCUT2D eigenvalue weighted by molar-refractivity contribution is 5.70. The number of carbonyl (C=O) groups excluding carboxylic acids is 3. The highest BCUT2D eigenvalue weighted by Crippen LogP contribution is 2.15. The summed E-state index contributed by atoms with van der Waals surface area (Å²) >= 11 is 0. The molecule has 8 heteroatoms. The first kappa shape index (κ1) is 51.1. The summed E-state index contributed by atoms with van der Waals surface area (Å²) in [5.41, 5.74) is 0. The van der Waals surface area contributed by atoms with E-state index in [1.54, 1.807) is 21.1 Å². The van der Waals surface area contributed by atoms with Crippen molar-refractivity contribution in [1.82, 2.24) is 0 Å². The Labute approximate surface area is 327 Å². The number of aliphatic carboxylic acids is 1. The van der Waals surface area contributed by atoms with Gasteiger partial charge in [-0.1, -0.05) is 161 Å². The number of rotatable bonds is 40. The molecule has 0 aromatic rings. The molecule has 0 amide bonds. The Kier molecular flexibility index (Phi) is 35.7. The maximum atomic E-state index is 12.7. The second-order valence-electron chi connectivity index (χ2n) is 16.3. The Balaban J connectivity index is 4.34. The van der Waals surface area contributed by atoms with Gasteiger partial charge in [0.25, 0.3) is 0 Å². The Hall–Kier alpha value is -1.93. The van der Waals surface area contributed by atoms with Gasteiger partial charge in [0.15, 0.2) is 6.10 Å². The molecule has 53 heavy (non-hydrogen) atoms. The summed E-state index contributed by atoms with van der Waals surface area (Å²) < 4.78 is 17.2. The molecule has 0 rings (SSSR count). The van der Waals surface area contributed by atoms with Crippen molar-refractivity contribution in [2.45, 2.75) is 219 Å². The van der Waals surface area contributed by atoms with E-state index in [-0.39, 0.29) is 42.7 Å². The van der Waals surface area contributed by atoms with Crippen molar-refractivity contribution in [3.05, 3.63) is 12.2 Å². The van der Waals surface area contributed by atoms with Crippen LogP contribution in [0, 0.1) is 0 Å². The molecule has 0 aliphatic carbocycles. The van der Waals surface area contributed by atoms with E-state index in [0.29, 0.717) is 12.8 Å². The van der Waals surface area contributed by atoms with Gasteiger partial charge in [0.1, 0.15) is 12.6 Å². The van der Waals surface area contributed by atoms with Gasteiger partial charge in [-0.3, -0.25) is 9.59 Å². The third kappa shape index (κ3) is 35.5. The Morgan fingerprint density at radius 1 is 0.547 bits per heavy atom. The van der Waals surface area contributed by atoms with Crippen LogP contribution < -0.4 is 5.11 Å². The van der Waals surface area contributed by atoms with Crippen LogP contribution in [0.4, 0.5) is 0 Å². The minimum absolute atomic E-state index is 0.0416. The lowest BCUT2D eigenvalue weighted by Crippen LogP contribution is -2.55. The second kappa shape index (κ2) is 37.0. The monoisotopic (exact) mass is 752 g/mol. The van der Waals surface area contributed by atoms with Gasteiger partial charge in [-0.25, -0.2) is 0 Å². The fourth-order valence-electron chi connectivity index (χ4n) is 6.65. The zero-order valence-corrected chi connectivity index (χ0v) is 35.4. The molecular formula is C45H85NO7. The van der Waals surface area contributed by atoms with E-state index in [4.69, 9.17) is 14.2 Å². The van der Waals surface area contributed by atoms with Crippen molar-refractivity contribution in [1.29, 1.82) is 0 Å². The Bertz CT molecular complexity index is 885. The summed E-state index contributed by atoms with van der Waals surface area (Å²) in [6, 6.07) is -0.723. The van der Waals surface area contributed by atoms with E-state index in [1.807, 2.05) is 0 Å². The van der Waals surface area contributed by atoms with Gasteiger partial charge < -0.3 is 28.6 Å². The highest BCUT2D eigenvalue weighted by atomic mass is 16.6. The molecule has 2 unspecified atom stereocenters. The first-order valence-electron chi connectivity index (χ1n) is 22.2. The molecule has 0 heterocycles. The van der Waals surface area contributed by atoms with E-state index in [9.17, 15) is 19.5 Å². The van der Waals surface area contributed by atoms with Gasteiger partial charge in [0.05, 0.1) is 40.3 Å². The summed E-state index contributed by atoms with van der Waals surface area (Å²) in [5, 5.41) is 11.6. The average Bonchev–Trinajstić information content (AvgIpc) is 3.11. The maximum Gasteiger partial charge on any atom is 0.306 e. The molecule has 2 atom stereocenters. The third-order valence-electron chi connectivity index (χ3n) is 10.2. The van der Waals surface area contributed by atoms with Crippen LogP contribution in [0.25, 0.3) is 0 Å². The molecule has 0 bridgehead atoms. The van der Waals surface area contributed by atoms with Gasteiger partial charge in [0, 0.05) is 19.3 Å². The number of unbranched alkanes of at least 4 members (excludes halogenated alkanes) is 24. The van der Waals surface area contributed by atoms with Gasteiger partial charge in [-0.15, -0.1) is 0 Å². The number of ether oxygens (including phenoxy) is 3. The minimum atomic E-state index is -1.12. The Morgan fingerprint density at radius 3 is 1.38 bits per heavy atom. The third-order valence-corrected chi connectivity index (χ3v) is 10.2. The van der Waals surface area contributed by atoms with Gasteiger partial charge in [-0.2, -0.15) is 0 Å². The lowest BCUT2D eigenvalue weighted by molar-refractivity contribution is -0.889. The predicted molar refractivity (Wildman–Crippen MR) is 217 cm³/mol. The van der Waals surface area contributed by atoms with Crippen LogP contribution in [0.2, 0.25) is 0 Å². The number of quaternary nitrogens is 1. The highest BCUT2D eigenvalue weighted by Gasteiger charge is 2.25. The van der Waals surface area contributed by atoms with E-state index in [0.717, 1.165) is 51.4 Å². The average molecular weight is 752 g/mol. The van der Waals surface area contributed by atoms with Crippen molar-refractivity contribution in [2.24, 2.45) is 0 Å². The summed E-state index contributed by atoms with van der Waals surface area (Å²) in [4.78, 5) is 36.8. The molecule has 0 aliphatic heterocycles. The van der Waals surface area contributed by atoms with Crippen molar-refractivity contribution in [3.8, 4) is 0 Å². The van der Waals surface area contributed by atoms with Crippen LogP contribution in [0.15, 0.2) is 12.2 Å². The zero-order valence-electron chi connectivity index (χ0n) is 35.4. The molecule has 0 aromatic heterocycles. The number of carboxylic acid groups (broad SMARTS) is 1. The van der Waals surface area contributed by atoms with E-state index in [1.165, 1.54) is 122 Å². The smallest absolute Gasteiger partial charge is 0.306 e. The first-order chi connectivity index (χ1) is 25.6. The summed E-state index contributed by atoms with van der Waals surface area (Å²) in [6.07, 6.45) is 38.0. The lowest BCUT2D eigenvalue weighted by atomic mass is 10.0. The molecule has 0 spiro atoms. The van der Waals surface area contributed by atoms with Crippen LogP contribution in [0.5, 0.6) is 0 Å². The summed E-state index contributed by atoms with van der Waals surface area (Å²) in [5.74, 6) is -1.74. The van der Waals surface area contributed by atoms with Crippen LogP contribution in [0.1, 0.15) is 206 Å². The largest absolute Gasteiger partial charge is 0.544 e. The van der Waals surface area contributed by atoms with E-state index < -0.39 is 18.1 Å². The van der Waals surface area contributed by atoms with E-state index >= 15 is 0 Å². The normalized spacial score (nSPS) is 13.0. The van der Waals surface area contributed by atoms with Crippen molar-refractivity contribution in [2.75, 3.05) is 41.0 Å². The molecule has 0 aromatic carbocycles. The molecule has 0 saturated carbocycles. The summed E-state index contributed by atoms with van der Waals surface area (Å²) in [6.45, 7) is 4.66. The molecule has 0 radical (unpaired) electrons. The van der Waals surface area contributed by atoms with Crippen LogP contribution >= 0.6 is 0 Å². The molecule has 0 fully saturated rings. The molecule has 0 saturated heterocycles. The van der Waals surface area contributed by atoms with Gasteiger partial charge >= 0.3 is 11.9 Å². The Morgan fingerprint density at radius 2 is 0.943 bits per heavy atom. The number of hydrogen-bond acceptors (Lipinski definition) is 7. The number of carboxylic acids is 1. The number of esters is 2. The van der Waals surface area contributed by atoms with Crippen LogP contribution in [-0.4, -0.2) is 75.5 Å². The van der Waals surface area contributed by atoms with Crippen molar-refractivity contribution < 1.29 is 38.2 Å². The number of likely N-dealkylation sites (N-methyl/N-ethyl adjacent to an activating group) is 1. The fourth-order valence-corrected chi connectivity index (χ4v) is 6.65. The SMILES string of the molecule is CCCCCCCCC/C=C/CCCCCC(=O)OCC(COCCC(C(=O)[O-])[N+](C)(C)C)OC(=O)CCCCCCCCCCCCCCCCC.